The van der Waals surface area contributed by atoms with Crippen LogP contribution in [0.3, 0.4) is 0 Å². The highest BCUT2D eigenvalue weighted by Crippen LogP contribution is 2.35. The third kappa shape index (κ3) is 1.42. The Bertz CT molecular complexity index is 210. The Labute approximate surface area is 72.4 Å². The summed E-state index contributed by atoms with van der Waals surface area (Å²) < 4.78 is 10.9. The van der Waals surface area contributed by atoms with E-state index in [4.69, 9.17) is 9.47 Å². The molecule has 1 aliphatic rings. The second-order valence-electron chi connectivity index (χ2n) is 3.58. The summed E-state index contributed by atoms with van der Waals surface area (Å²) in [4.78, 5) is 10.7. The van der Waals surface area contributed by atoms with Crippen LogP contribution < -0.4 is 0 Å². The maximum Gasteiger partial charge on any atom is 0.165 e. The Morgan fingerprint density at radius 2 is 2.00 bits per heavy atom. The lowest BCUT2D eigenvalue weighted by atomic mass is 10.0. The molecule has 12 heavy (non-hydrogen) atoms. The summed E-state index contributed by atoms with van der Waals surface area (Å²) in [6.45, 7) is 8.84. The molecule has 0 saturated carbocycles. The molecular formula is C9H14O3. The number of carbonyl (C=O) groups excluding carboxylic acids is 1. The third-order valence-electron chi connectivity index (χ3n) is 1.89. The van der Waals surface area contributed by atoms with Gasteiger partial charge < -0.3 is 14.3 Å². The second kappa shape index (κ2) is 2.68. The largest absolute Gasteiger partial charge is 0.340 e. The van der Waals surface area contributed by atoms with E-state index in [9.17, 15) is 4.79 Å². The van der Waals surface area contributed by atoms with E-state index in [1.54, 1.807) is 26.8 Å². The van der Waals surface area contributed by atoms with E-state index in [1.807, 2.05) is 0 Å². The molecule has 0 aliphatic carbocycles. The van der Waals surface area contributed by atoms with E-state index >= 15 is 0 Å². The number of hydrogen-bond donors (Lipinski definition) is 0. The smallest absolute Gasteiger partial charge is 0.165 e. The molecule has 0 aromatic heterocycles. The molecule has 0 amide bonds. The van der Waals surface area contributed by atoms with Gasteiger partial charge in [0.1, 0.15) is 6.10 Å². The van der Waals surface area contributed by atoms with Crippen molar-refractivity contribution in [2.45, 2.75) is 38.3 Å². The first-order chi connectivity index (χ1) is 5.43. The van der Waals surface area contributed by atoms with Crippen molar-refractivity contribution in [3.8, 4) is 0 Å². The van der Waals surface area contributed by atoms with Crippen LogP contribution in [0, 0.1) is 0 Å². The Morgan fingerprint density at radius 1 is 1.42 bits per heavy atom. The molecule has 68 valence electrons. The highest BCUT2D eigenvalue weighted by Gasteiger charge is 2.48. The lowest BCUT2D eigenvalue weighted by Crippen LogP contribution is -2.37. The lowest BCUT2D eigenvalue weighted by molar-refractivity contribution is -0.162. The number of aldehydes is 1. The van der Waals surface area contributed by atoms with Crippen LogP contribution in [0.4, 0.5) is 0 Å². The zero-order chi connectivity index (χ0) is 9.41. The van der Waals surface area contributed by atoms with Gasteiger partial charge in [0.15, 0.2) is 17.7 Å². The summed E-state index contributed by atoms with van der Waals surface area (Å²) in [7, 11) is 0. The molecule has 0 radical (unpaired) electrons. The zero-order valence-electron chi connectivity index (χ0n) is 7.66. The van der Waals surface area contributed by atoms with Crippen LogP contribution in [0.2, 0.25) is 0 Å². The molecule has 0 unspecified atom stereocenters. The first kappa shape index (κ1) is 9.42. The molecular weight excluding hydrogens is 156 g/mol. The maximum atomic E-state index is 10.7. The maximum absolute atomic E-state index is 10.7. The highest BCUT2D eigenvalue weighted by atomic mass is 16.8. The van der Waals surface area contributed by atoms with Gasteiger partial charge in [-0.25, -0.2) is 0 Å². The summed E-state index contributed by atoms with van der Waals surface area (Å²) in [5, 5.41) is 0. The van der Waals surface area contributed by atoms with E-state index in [0.29, 0.717) is 0 Å². The predicted molar refractivity (Wildman–Crippen MR) is 44.7 cm³/mol. The number of rotatable bonds is 2. The van der Waals surface area contributed by atoms with Gasteiger partial charge in [-0.3, -0.25) is 0 Å². The second-order valence-corrected chi connectivity index (χ2v) is 3.58. The van der Waals surface area contributed by atoms with Crippen molar-refractivity contribution in [1.29, 1.82) is 0 Å². The van der Waals surface area contributed by atoms with Crippen LogP contribution in [-0.4, -0.2) is 23.8 Å². The Morgan fingerprint density at radius 3 is 2.33 bits per heavy atom. The monoisotopic (exact) mass is 170 g/mol. The average Bonchev–Trinajstić information content (AvgIpc) is 2.22. The van der Waals surface area contributed by atoms with Gasteiger partial charge in [-0.1, -0.05) is 6.08 Å². The summed E-state index contributed by atoms with van der Waals surface area (Å²) in [6, 6.07) is 0. The van der Waals surface area contributed by atoms with E-state index in [2.05, 4.69) is 6.58 Å². The SMILES string of the molecule is C=C[C@H]1OC(C)(C)O[C@@]1(C)C=O. The molecule has 0 spiro atoms. The van der Waals surface area contributed by atoms with Gasteiger partial charge >= 0.3 is 0 Å². The van der Waals surface area contributed by atoms with Crippen LogP contribution >= 0.6 is 0 Å². The van der Waals surface area contributed by atoms with E-state index < -0.39 is 11.4 Å². The fourth-order valence-electron chi connectivity index (χ4n) is 1.41. The van der Waals surface area contributed by atoms with E-state index in [1.165, 1.54) is 0 Å². The van der Waals surface area contributed by atoms with Gasteiger partial charge in [0.05, 0.1) is 0 Å². The summed E-state index contributed by atoms with van der Waals surface area (Å²) >= 11 is 0. The molecule has 1 heterocycles. The van der Waals surface area contributed by atoms with Crippen molar-refractivity contribution < 1.29 is 14.3 Å². The molecule has 1 aliphatic heterocycles. The fourth-order valence-corrected chi connectivity index (χ4v) is 1.41. The Hall–Kier alpha value is -0.670. The van der Waals surface area contributed by atoms with Crippen LogP contribution in [0.1, 0.15) is 20.8 Å². The Kier molecular flexibility index (Phi) is 2.10. The van der Waals surface area contributed by atoms with Gasteiger partial charge in [-0.15, -0.1) is 6.58 Å². The standard InChI is InChI=1S/C9H14O3/c1-5-7-9(4,6-10)12-8(2,3)11-7/h5-7H,1H2,2-4H3/t7-,9+/m1/s1. The van der Waals surface area contributed by atoms with Crippen molar-refractivity contribution in [2.24, 2.45) is 0 Å². The lowest BCUT2D eigenvalue weighted by Gasteiger charge is -2.20. The molecule has 0 aromatic carbocycles. The minimum atomic E-state index is -0.884. The van der Waals surface area contributed by atoms with Gasteiger partial charge in [-0.2, -0.15) is 0 Å². The molecule has 3 nitrogen and oxygen atoms in total. The zero-order valence-corrected chi connectivity index (χ0v) is 7.66. The van der Waals surface area contributed by atoms with Crippen molar-refractivity contribution >= 4 is 6.29 Å². The minimum Gasteiger partial charge on any atom is -0.340 e. The number of carbonyl (C=O) groups is 1. The molecule has 3 heteroatoms. The summed E-state index contributed by atoms with van der Waals surface area (Å²) in [5.41, 5.74) is -0.884. The van der Waals surface area contributed by atoms with E-state index in [0.717, 1.165) is 6.29 Å². The van der Waals surface area contributed by atoms with Crippen LogP contribution in [0.25, 0.3) is 0 Å². The normalized spacial score (nSPS) is 39.4. The molecule has 0 bridgehead atoms. The van der Waals surface area contributed by atoms with Gasteiger partial charge in [0, 0.05) is 0 Å². The van der Waals surface area contributed by atoms with Crippen molar-refractivity contribution in [3.63, 3.8) is 0 Å². The minimum absolute atomic E-state index is 0.356. The molecule has 2 atom stereocenters. The van der Waals surface area contributed by atoms with Crippen molar-refractivity contribution in [1.82, 2.24) is 0 Å². The third-order valence-corrected chi connectivity index (χ3v) is 1.89. The van der Waals surface area contributed by atoms with Gasteiger partial charge in [0.2, 0.25) is 0 Å². The fraction of sp³-hybridized carbons (Fsp3) is 0.667. The summed E-state index contributed by atoms with van der Waals surface area (Å²) in [6.07, 6.45) is 1.99. The van der Waals surface area contributed by atoms with Crippen molar-refractivity contribution in [2.75, 3.05) is 0 Å². The molecule has 1 saturated heterocycles. The number of ether oxygens (including phenoxy) is 2. The van der Waals surface area contributed by atoms with Crippen LogP contribution in [0.5, 0.6) is 0 Å². The molecule has 0 aromatic rings. The quantitative estimate of drug-likeness (QED) is 0.462. The topological polar surface area (TPSA) is 35.5 Å². The number of hydrogen-bond acceptors (Lipinski definition) is 3. The first-order valence-electron chi connectivity index (χ1n) is 3.90. The summed E-state index contributed by atoms with van der Waals surface area (Å²) in [5.74, 6) is -0.700. The van der Waals surface area contributed by atoms with Gasteiger partial charge in [-0.05, 0) is 20.8 Å². The van der Waals surface area contributed by atoms with Crippen molar-refractivity contribution in [3.05, 3.63) is 12.7 Å². The average molecular weight is 170 g/mol. The Balaban J connectivity index is 2.90. The highest BCUT2D eigenvalue weighted by molar-refractivity contribution is 5.64. The predicted octanol–water partition coefficient (Wildman–Crippen LogP) is 1.28. The van der Waals surface area contributed by atoms with E-state index in [-0.39, 0.29) is 6.10 Å². The molecule has 0 N–H and O–H groups in total. The van der Waals surface area contributed by atoms with Gasteiger partial charge in [0.25, 0.3) is 0 Å². The van der Waals surface area contributed by atoms with Crippen LogP contribution in [-0.2, 0) is 14.3 Å². The van der Waals surface area contributed by atoms with Crippen LogP contribution in [0.15, 0.2) is 12.7 Å². The first-order valence-corrected chi connectivity index (χ1v) is 3.90. The molecule has 1 fully saturated rings. The molecule has 1 rings (SSSR count).